The van der Waals surface area contributed by atoms with Crippen LogP contribution in [0.1, 0.15) is 117 Å². The molecule has 0 radical (unpaired) electrons. The lowest BCUT2D eigenvalue weighted by atomic mass is 9.93. The summed E-state index contributed by atoms with van der Waals surface area (Å²) in [6.45, 7) is 4.74. The molecule has 0 spiro atoms. The highest BCUT2D eigenvalue weighted by molar-refractivity contribution is 7.89. The van der Waals surface area contributed by atoms with Crippen LogP contribution < -0.4 is 28.1 Å². The number of H-pyrrole nitrogens is 4. The molecule has 32 heteroatoms. The molecule has 0 saturated carbocycles. The fourth-order valence-electron chi connectivity index (χ4n) is 14.6. The quantitative estimate of drug-likeness (QED) is 0.0302. The molecule has 16 rings (SSSR count). The number of nitrogens with zero attached hydrogens (tertiary/aromatic N) is 11. The summed E-state index contributed by atoms with van der Waals surface area (Å²) in [4.78, 5) is 72.2. The Morgan fingerprint density at radius 1 is 0.398 bits per heavy atom. The van der Waals surface area contributed by atoms with Gasteiger partial charge < -0.3 is 42.5 Å². The molecule has 4 aliphatic rings. The van der Waals surface area contributed by atoms with Gasteiger partial charge in [-0.1, -0.05) is 72.3 Å². The number of halogens is 5. The number of hydrogen-bond donors (Lipinski definition) is 9. The second-order valence-corrected chi connectivity index (χ2v) is 29.5. The summed E-state index contributed by atoms with van der Waals surface area (Å²) in [6, 6.07) is 40.4. The van der Waals surface area contributed by atoms with Crippen molar-refractivity contribution in [2.24, 2.45) is 28.1 Å². The Hall–Kier alpha value is -12.0. The average molecular weight is 1570 g/mol. The molecule has 14 N–H and O–H groups in total. The van der Waals surface area contributed by atoms with Gasteiger partial charge in [0.05, 0.1) is 131 Å². The van der Waals surface area contributed by atoms with Crippen LogP contribution in [0.3, 0.4) is 0 Å². The molecule has 4 amide bonds. The summed E-state index contributed by atoms with van der Waals surface area (Å²) in [6.07, 6.45) is 12.2. The maximum absolute atomic E-state index is 14.3. The van der Waals surface area contributed by atoms with Crippen molar-refractivity contribution in [2.45, 2.75) is 107 Å². The van der Waals surface area contributed by atoms with E-state index >= 15 is 0 Å². The summed E-state index contributed by atoms with van der Waals surface area (Å²) in [5.74, 6) is -3.87. The Labute approximate surface area is 652 Å². The molecule has 0 saturated heterocycles. The Bertz CT molecular complexity index is 5470. The fourth-order valence-corrected chi connectivity index (χ4v) is 15.3. The Kier molecular flexibility index (Phi) is 24.9. The number of amides is 4. The molecule has 4 unspecified atom stereocenters. The van der Waals surface area contributed by atoms with E-state index < -0.39 is 33.6 Å². The first kappa shape index (κ1) is 79.1. The minimum absolute atomic E-state index is 0.00575. The maximum Gasteiger partial charge on any atom is 0.238 e. The first-order valence-corrected chi connectivity index (χ1v) is 38.4. The minimum Gasteiger partial charge on any atom is -0.332 e. The molecule has 0 fully saturated rings. The maximum atomic E-state index is 14.3. The molecule has 4 aliphatic heterocycles. The highest BCUT2D eigenvalue weighted by Crippen LogP contribution is 2.39. The van der Waals surface area contributed by atoms with Crippen LogP contribution in [0.4, 0.5) is 17.6 Å². The summed E-state index contributed by atoms with van der Waals surface area (Å²) in [5, 5.41) is 34.6. The molecule has 4 atom stereocenters. The van der Waals surface area contributed by atoms with E-state index in [2.05, 4.69) is 55.7 Å². The highest BCUT2D eigenvalue weighted by Gasteiger charge is 2.38. The molecule has 582 valence electrons. The number of aromatic amines is 4. The third-order valence-corrected chi connectivity index (χ3v) is 21.5. The lowest BCUT2D eigenvalue weighted by Gasteiger charge is -2.23. The van der Waals surface area contributed by atoms with Crippen LogP contribution in [0.25, 0.3) is 45.0 Å². The van der Waals surface area contributed by atoms with Crippen LogP contribution in [-0.4, -0.2) is 134 Å². The van der Waals surface area contributed by atoms with Gasteiger partial charge in [0.2, 0.25) is 33.7 Å². The van der Waals surface area contributed by atoms with Crippen LogP contribution in [0.15, 0.2) is 194 Å². The molecule has 7 aromatic heterocycles. The number of aromatic nitrogens is 11. The predicted octanol–water partition coefficient (Wildman–Crippen LogP) is 10.2. The molecule has 5 aromatic carbocycles. The number of carbonyl (C=O) groups excluding carboxylic acids is 4. The molecular formula is C81H81ClF4N20O6S. The van der Waals surface area contributed by atoms with E-state index in [-0.39, 0.29) is 63.5 Å². The van der Waals surface area contributed by atoms with Gasteiger partial charge in [0.25, 0.3) is 0 Å². The van der Waals surface area contributed by atoms with Crippen molar-refractivity contribution in [3.63, 3.8) is 0 Å². The summed E-state index contributed by atoms with van der Waals surface area (Å²) < 4.78 is 77.7. The second kappa shape index (κ2) is 35.6. The van der Waals surface area contributed by atoms with Gasteiger partial charge >= 0.3 is 0 Å². The van der Waals surface area contributed by atoms with Gasteiger partial charge in [-0.2, -0.15) is 20.4 Å². The lowest BCUT2D eigenvalue weighted by molar-refractivity contribution is -0.134. The van der Waals surface area contributed by atoms with Gasteiger partial charge in [0.1, 0.15) is 23.3 Å². The fraction of sp³-hybridized carbons (Fsp3) is 0.247. The van der Waals surface area contributed by atoms with Crippen molar-refractivity contribution < 1.29 is 45.2 Å². The number of nitrogens with two attached hydrogens (primary N) is 5. The van der Waals surface area contributed by atoms with Gasteiger partial charge in [0, 0.05) is 87.3 Å². The van der Waals surface area contributed by atoms with Crippen LogP contribution in [0.5, 0.6) is 0 Å². The Balaban J connectivity index is 0.000000132. The van der Waals surface area contributed by atoms with E-state index in [1.165, 1.54) is 54.6 Å². The van der Waals surface area contributed by atoms with Crippen LogP contribution >= 0.6 is 11.6 Å². The van der Waals surface area contributed by atoms with E-state index in [0.717, 1.165) is 84.4 Å². The van der Waals surface area contributed by atoms with Gasteiger partial charge in [-0.05, 0) is 160 Å². The van der Waals surface area contributed by atoms with E-state index in [1.54, 1.807) is 117 Å². The molecule has 26 nitrogen and oxygen atoms in total. The van der Waals surface area contributed by atoms with Crippen molar-refractivity contribution in [1.29, 1.82) is 0 Å². The summed E-state index contributed by atoms with van der Waals surface area (Å²) in [7, 11) is -3.79. The average Bonchev–Trinajstić information content (AvgIpc) is 1.64. The zero-order valence-electron chi connectivity index (χ0n) is 61.1. The van der Waals surface area contributed by atoms with E-state index in [9.17, 15) is 45.2 Å². The summed E-state index contributed by atoms with van der Waals surface area (Å²) in [5.41, 5.74) is 39.3. The summed E-state index contributed by atoms with van der Waals surface area (Å²) >= 11 is 5.92. The number of benzene rings is 5. The van der Waals surface area contributed by atoms with Crippen molar-refractivity contribution >= 4 is 45.3 Å². The highest BCUT2D eigenvalue weighted by atomic mass is 35.5. The lowest BCUT2D eigenvalue weighted by Crippen LogP contribution is -2.32. The SMILES string of the molecule is NCCC(C(=O)N1Cc2[nH]nc(-c3ccc(S(N)(=O)=O)cc3)c2C1)c1ccc(F)c(Cl)c1.NCCC(C(=O)N1Cc2[nH]nc(-c3cccnc3)c2C1)c1ccc(F)cc1.NCCC(C(=O)N1Cc2[nH]nc(-c3cccnc3)c2C1)c1cccc(F)c1.NCCC(C(=O)N1Cc2[nH]nc(-c3cccnc3)c2C1)c1ccccc1F. The Morgan fingerprint density at radius 3 is 1.16 bits per heavy atom. The van der Waals surface area contributed by atoms with Crippen molar-refractivity contribution in [3.8, 4) is 45.0 Å². The largest absolute Gasteiger partial charge is 0.332 e. The zero-order valence-corrected chi connectivity index (χ0v) is 62.6. The van der Waals surface area contributed by atoms with Crippen LogP contribution in [0.2, 0.25) is 5.02 Å². The molecule has 113 heavy (non-hydrogen) atoms. The van der Waals surface area contributed by atoms with Gasteiger partial charge in [-0.25, -0.2) is 31.1 Å². The number of hydrogen-bond acceptors (Lipinski definition) is 17. The normalized spacial score (nSPS) is 14.3. The molecule has 12 aromatic rings. The van der Waals surface area contributed by atoms with Crippen molar-refractivity contribution in [3.05, 3.63) is 284 Å². The standard InChI is InChI=1S/C21H21ClFN5O3S.3C20H20FN5O/c22-17-9-13(3-6-18(17)23)15(7-8-24)21(29)28-10-16-19(11-28)26-27-20(16)12-1-4-14(5-2-12)32(25,30)31;21-15-5-1-3-13(9-15)16(6-7-22)20(27)26-11-17-18(12-26)24-25-19(17)14-4-2-8-23-10-14;21-15-5-3-13(4-6-15)16(7-8-22)20(27)26-11-17-18(12-26)24-25-19(17)14-2-1-9-23-10-14;21-17-6-2-1-5-14(17)15(7-8-22)20(27)26-11-16-18(12-26)24-25-19(16)13-4-3-9-23-10-13/h1-6,9,15H,7-8,10-11,24H2,(H,26,27)(H2,25,30,31);1-5,8-10,16H,6-7,11-12,22H2,(H,24,25);1-6,9-10,16H,7-8,11-12,22H2,(H,24,25);1-6,9-10,15H,7-8,11-12,22H2,(H,24,25). The minimum atomic E-state index is -3.79. The number of sulfonamides is 1. The van der Waals surface area contributed by atoms with E-state index in [4.69, 9.17) is 39.7 Å². The molecule has 0 bridgehead atoms. The predicted molar refractivity (Wildman–Crippen MR) is 414 cm³/mol. The number of pyridine rings is 3. The second-order valence-electron chi connectivity index (χ2n) is 27.5. The molecule has 0 aliphatic carbocycles. The van der Waals surface area contributed by atoms with Crippen molar-refractivity contribution in [1.82, 2.24) is 75.3 Å². The monoisotopic (exact) mass is 1570 g/mol. The first-order valence-electron chi connectivity index (χ1n) is 36.5. The van der Waals surface area contributed by atoms with E-state index in [1.807, 2.05) is 36.4 Å². The molecular weight excluding hydrogens is 1490 g/mol. The number of rotatable bonds is 21. The van der Waals surface area contributed by atoms with Crippen molar-refractivity contribution in [2.75, 3.05) is 26.2 Å². The first-order chi connectivity index (χ1) is 54.7. The Morgan fingerprint density at radius 2 is 0.779 bits per heavy atom. The van der Waals surface area contributed by atoms with E-state index in [0.29, 0.717) is 126 Å². The van der Waals surface area contributed by atoms with Crippen LogP contribution in [-0.2, 0) is 81.6 Å². The number of nitrogens with one attached hydrogen (secondary N) is 4. The zero-order chi connectivity index (χ0) is 79.5. The number of carbonyl (C=O) groups is 4. The topological polar surface area (TPSA) is 399 Å². The third kappa shape index (κ3) is 17.9. The molecule has 11 heterocycles. The van der Waals surface area contributed by atoms with Crippen LogP contribution in [0, 0.1) is 23.3 Å². The van der Waals surface area contributed by atoms with Gasteiger partial charge in [0.15, 0.2) is 0 Å². The number of primary sulfonamides is 1. The third-order valence-electron chi connectivity index (χ3n) is 20.3. The van der Waals surface area contributed by atoms with Gasteiger partial charge in [-0.15, -0.1) is 0 Å². The van der Waals surface area contributed by atoms with Gasteiger partial charge in [-0.3, -0.25) is 54.5 Å². The number of fused-ring (bicyclic) bond motifs is 4. The smallest absolute Gasteiger partial charge is 0.238 e.